The van der Waals surface area contributed by atoms with E-state index >= 15 is 0 Å². The summed E-state index contributed by atoms with van der Waals surface area (Å²) in [6.45, 7) is 1.86. The van der Waals surface area contributed by atoms with Crippen molar-refractivity contribution < 1.29 is 4.39 Å². The van der Waals surface area contributed by atoms with Crippen LogP contribution in [-0.2, 0) is 5.88 Å². The number of aryl methyl sites for hydroxylation is 1. The summed E-state index contributed by atoms with van der Waals surface area (Å²) in [4.78, 5) is 1.61. The molecule has 0 aromatic carbocycles. The van der Waals surface area contributed by atoms with Crippen LogP contribution in [0.25, 0.3) is 0 Å². The number of halogens is 2. The van der Waals surface area contributed by atoms with Gasteiger partial charge in [0.15, 0.2) is 0 Å². The zero-order chi connectivity index (χ0) is 6.85. The smallest absolute Gasteiger partial charge is 0.138 e. The highest BCUT2D eigenvalue weighted by molar-refractivity contribution is 7.12. The molecule has 0 saturated carbocycles. The molecule has 0 atom stereocenters. The fourth-order valence-electron chi connectivity index (χ4n) is 0.623. The van der Waals surface area contributed by atoms with Crippen LogP contribution >= 0.6 is 22.9 Å². The van der Waals surface area contributed by atoms with E-state index < -0.39 is 0 Å². The second kappa shape index (κ2) is 2.67. The summed E-state index contributed by atoms with van der Waals surface area (Å²) in [7, 11) is 0. The molecule has 3 heteroatoms. The van der Waals surface area contributed by atoms with Crippen molar-refractivity contribution in [3.05, 3.63) is 21.6 Å². The molecule has 0 N–H and O–H groups in total. The van der Waals surface area contributed by atoms with Crippen molar-refractivity contribution in [2.75, 3.05) is 0 Å². The van der Waals surface area contributed by atoms with Crippen molar-refractivity contribution in [1.82, 2.24) is 0 Å². The van der Waals surface area contributed by atoms with Gasteiger partial charge in [-0.15, -0.1) is 22.9 Å². The average Bonchev–Trinajstić information content (AvgIpc) is 2.10. The molecule has 0 aliphatic carbocycles. The summed E-state index contributed by atoms with van der Waals surface area (Å²) in [6, 6.07) is 1.50. The molecule has 0 bridgehead atoms. The fraction of sp³-hybridized carbons (Fsp3) is 0.333. The first-order chi connectivity index (χ1) is 4.24. The van der Waals surface area contributed by atoms with E-state index in [2.05, 4.69) is 0 Å². The maximum atomic E-state index is 12.5. The van der Waals surface area contributed by atoms with Crippen LogP contribution in [0.3, 0.4) is 0 Å². The lowest BCUT2D eigenvalue weighted by atomic mass is 10.4. The van der Waals surface area contributed by atoms with E-state index in [9.17, 15) is 4.39 Å². The Kier molecular flexibility index (Phi) is 2.09. The van der Waals surface area contributed by atoms with Crippen LogP contribution in [-0.4, -0.2) is 0 Å². The minimum absolute atomic E-state index is 0.174. The molecule has 0 spiro atoms. The molecular weight excluding hydrogens is 159 g/mol. The van der Waals surface area contributed by atoms with Crippen molar-refractivity contribution in [2.24, 2.45) is 0 Å². The molecule has 0 aliphatic rings. The van der Waals surface area contributed by atoms with Gasteiger partial charge in [0.1, 0.15) is 5.82 Å². The molecule has 1 rings (SSSR count). The molecule has 0 unspecified atom stereocenters. The van der Waals surface area contributed by atoms with E-state index in [1.54, 1.807) is 0 Å². The van der Waals surface area contributed by atoms with Crippen molar-refractivity contribution in [3.63, 3.8) is 0 Å². The lowest BCUT2D eigenvalue weighted by Crippen LogP contribution is -1.71. The Labute approximate surface area is 62.3 Å². The highest BCUT2D eigenvalue weighted by Gasteiger charge is 2.02. The molecule has 50 valence electrons. The highest BCUT2D eigenvalue weighted by atomic mass is 35.5. The van der Waals surface area contributed by atoms with Gasteiger partial charge < -0.3 is 0 Å². The van der Waals surface area contributed by atoms with Gasteiger partial charge in [-0.05, 0) is 13.0 Å². The van der Waals surface area contributed by atoms with Crippen LogP contribution < -0.4 is 0 Å². The lowest BCUT2D eigenvalue weighted by molar-refractivity contribution is 0.624. The predicted molar refractivity (Wildman–Crippen MR) is 38.6 cm³/mol. The molecule has 0 saturated heterocycles. The van der Waals surface area contributed by atoms with Gasteiger partial charge in [0, 0.05) is 4.88 Å². The van der Waals surface area contributed by atoms with E-state index in [0.29, 0.717) is 4.88 Å². The molecule has 0 nitrogen and oxygen atoms in total. The average molecular weight is 165 g/mol. The van der Waals surface area contributed by atoms with Gasteiger partial charge in [0.25, 0.3) is 0 Å². The normalized spacial score (nSPS) is 10.1. The van der Waals surface area contributed by atoms with Gasteiger partial charge in [-0.1, -0.05) is 0 Å². The minimum atomic E-state index is -0.174. The van der Waals surface area contributed by atoms with E-state index in [-0.39, 0.29) is 11.7 Å². The Bertz CT molecular complexity index is 207. The van der Waals surface area contributed by atoms with Crippen LogP contribution in [0.4, 0.5) is 4.39 Å². The van der Waals surface area contributed by atoms with Gasteiger partial charge >= 0.3 is 0 Å². The highest BCUT2D eigenvalue weighted by Crippen LogP contribution is 2.21. The predicted octanol–water partition coefficient (Wildman–Crippen LogP) is 2.93. The largest absolute Gasteiger partial charge is 0.206 e. The third-order valence-corrected chi connectivity index (χ3v) is 2.45. The molecule has 1 aromatic rings. The molecule has 0 radical (unpaired) electrons. The maximum absolute atomic E-state index is 12.5. The first kappa shape index (κ1) is 7.03. The first-order valence-electron chi connectivity index (χ1n) is 2.55. The monoisotopic (exact) mass is 164 g/mol. The van der Waals surface area contributed by atoms with Crippen molar-refractivity contribution >= 4 is 22.9 Å². The summed E-state index contributed by atoms with van der Waals surface area (Å²) < 4.78 is 12.5. The van der Waals surface area contributed by atoms with E-state index in [4.69, 9.17) is 11.6 Å². The summed E-state index contributed by atoms with van der Waals surface area (Å²) in [5.41, 5.74) is 0. The van der Waals surface area contributed by atoms with E-state index in [1.807, 2.05) is 6.92 Å². The number of hydrogen-bond acceptors (Lipinski definition) is 1. The second-order valence-corrected chi connectivity index (χ2v) is 3.37. The van der Waals surface area contributed by atoms with Gasteiger partial charge in [-0.3, -0.25) is 0 Å². The Morgan fingerprint density at radius 2 is 2.44 bits per heavy atom. The van der Waals surface area contributed by atoms with Crippen LogP contribution in [0.2, 0.25) is 0 Å². The molecule has 9 heavy (non-hydrogen) atoms. The summed E-state index contributed by atoms with van der Waals surface area (Å²) >= 11 is 6.82. The van der Waals surface area contributed by atoms with Crippen molar-refractivity contribution in [1.29, 1.82) is 0 Å². The Hall–Kier alpha value is -0.0800. The third kappa shape index (κ3) is 1.43. The molecule has 1 heterocycles. The standard InChI is InChI=1S/C6H6ClFS/c1-4-2-5(8)6(3-7)9-4/h2H,3H2,1H3. The molecule has 0 aliphatic heterocycles. The first-order valence-corrected chi connectivity index (χ1v) is 3.90. The van der Waals surface area contributed by atoms with E-state index in [1.165, 1.54) is 17.4 Å². The third-order valence-electron chi connectivity index (χ3n) is 1.00. The Balaban J connectivity index is 3.01. The molecule has 0 fully saturated rings. The van der Waals surface area contributed by atoms with Gasteiger partial charge in [-0.25, -0.2) is 4.39 Å². The van der Waals surface area contributed by atoms with Crippen LogP contribution in [0, 0.1) is 12.7 Å². The number of alkyl halides is 1. The lowest BCUT2D eigenvalue weighted by Gasteiger charge is -1.82. The summed E-state index contributed by atoms with van der Waals surface area (Å²) in [6.07, 6.45) is 0. The van der Waals surface area contributed by atoms with Crippen LogP contribution in [0.15, 0.2) is 6.07 Å². The molecular formula is C6H6ClFS. The van der Waals surface area contributed by atoms with Crippen LogP contribution in [0.5, 0.6) is 0 Å². The summed E-state index contributed by atoms with van der Waals surface area (Å²) in [5, 5.41) is 0. The second-order valence-electron chi connectivity index (χ2n) is 1.76. The fourth-order valence-corrected chi connectivity index (χ4v) is 1.68. The zero-order valence-electron chi connectivity index (χ0n) is 4.95. The number of rotatable bonds is 1. The Morgan fingerprint density at radius 1 is 1.78 bits per heavy atom. The van der Waals surface area contributed by atoms with Gasteiger partial charge in [0.05, 0.1) is 10.8 Å². The van der Waals surface area contributed by atoms with Crippen molar-refractivity contribution in [2.45, 2.75) is 12.8 Å². The Morgan fingerprint density at radius 3 is 2.67 bits per heavy atom. The molecule has 0 amide bonds. The van der Waals surface area contributed by atoms with Gasteiger partial charge in [-0.2, -0.15) is 0 Å². The SMILES string of the molecule is Cc1cc(F)c(CCl)s1. The molecule has 1 aromatic heterocycles. The van der Waals surface area contributed by atoms with Crippen molar-refractivity contribution in [3.8, 4) is 0 Å². The van der Waals surface area contributed by atoms with Gasteiger partial charge in [0.2, 0.25) is 0 Å². The topological polar surface area (TPSA) is 0 Å². The quantitative estimate of drug-likeness (QED) is 0.560. The number of thiophene rings is 1. The van der Waals surface area contributed by atoms with E-state index in [0.717, 1.165) is 4.88 Å². The van der Waals surface area contributed by atoms with Crippen LogP contribution in [0.1, 0.15) is 9.75 Å². The minimum Gasteiger partial charge on any atom is -0.206 e. The number of hydrogen-bond donors (Lipinski definition) is 0. The summed E-state index contributed by atoms with van der Waals surface area (Å²) in [5.74, 6) is 0.108. The maximum Gasteiger partial charge on any atom is 0.138 e. The zero-order valence-corrected chi connectivity index (χ0v) is 6.52.